The fourth-order valence-corrected chi connectivity index (χ4v) is 2.40. The summed E-state index contributed by atoms with van der Waals surface area (Å²) in [5.74, 6) is 0.192. The van der Waals surface area contributed by atoms with Crippen molar-refractivity contribution in [2.45, 2.75) is 20.4 Å². The number of rotatable bonds is 3. The fourth-order valence-electron chi connectivity index (χ4n) is 2.40. The van der Waals surface area contributed by atoms with Crippen LogP contribution in [0.3, 0.4) is 0 Å². The van der Waals surface area contributed by atoms with Crippen LogP contribution in [0.2, 0.25) is 0 Å². The smallest absolute Gasteiger partial charge is 0.338 e. The summed E-state index contributed by atoms with van der Waals surface area (Å²) in [6.07, 6.45) is 1.57. The summed E-state index contributed by atoms with van der Waals surface area (Å²) in [7, 11) is 1.36. The van der Waals surface area contributed by atoms with E-state index in [9.17, 15) is 4.79 Å². The van der Waals surface area contributed by atoms with E-state index < -0.39 is 5.97 Å². The van der Waals surface area contributed by atoms with Gasteiger partial charge in [0.2, 0.25) is 0 Å². The third kappa shape index (κ3) is 2.08. The molecular weight excluding hydrogens is 270 g/mol. The molecule has 0 saturated carbocycles. The van der Waals surface area contributed by atoms with E-state index in [1.165, 1.54) is 7.11 Å². The first-order valence-corrected chi connectivity index (χ1v) is 6.66. The van der Waals surface area contributed by atoms with Crippen LogP contribution in [0.1, 0.15) is 23.0 Å². The highest BCUT2D eigenvalue weighted by atomic mass is 16.5. The van der Waals surface area contributed by atoms with Crippen LogP contribution in [0, 0.1) is 6.92 Å². The van der Waals surface area contributed by atoms with Crippen LogP contribution >= 0.6 is 0 Å². The van der Waals surface area contributed by atoms with Crippen molar-refractivity contribution in [1.82, 2.24) is 14.8 Å². The summed E-state index contributed by atoms with van der Waals surface area (Å²) in [5, 5.41) is 5.15. The molecule has 0 spiro atoms. The number of nitrogens with zero attached hydrogens (tertiary/aromatic N) is 3. The summed E-state index contributed by atoms with van der Waals surface area (Å²) in [6.45, 7) is 4.50. The van der Waals surface area contributed by atoms with Crippen LogP contribution < -0.4 is 0 Å². The van der Waals surface area contributed by atoms with Crippen LogP contribution in [0.4, 0.5) is 0 Å². The quantitative estimate of drug-likeness (QED) is 0.692. The third-order valence-electron chi connectivity index (χ3n) is 3.36. The molecule has 108 valence electrons. The van der Waals surface area contributed by atoms with Gasteiger partial charge >= 0.3 is 5.97 Å². The Morgan fingerprint density at radius 1 is 1.48 bits per heavy atom. The number of aromatic nitrogens is 3. The summed E-state index contributed by atoms with van der Waals surface area (Å²) >= 11 is 0. The maximum atomic E-state index is 12.1. The van der Waals surface area contributed by atoms with Crippen LogP contribution in [-0.4, -0.2) is 27.8 Å². The van der Waals surface area contributed by atoms with Crippen LogP contribution in [-0.2, 0) is 11.3 Å². The van der Waals surface area contributed by atoms with Gasteiger partial charge in [-0.05, 0) is 32.0 Å². The zero-order valence-corrected chi connectivity index (χ0v) is 12.1. The summed E-state index contributed by atoms with van der Waals surface area (Å²) in [4.78, 5) is 16.7. The Morgan fingerprint density at radius 2 is 2.29 bits per heavy atom. The average molecular weight is 285 g/mol. The summed E-state index contributed by atoms with van der Waals surface area (Å²) in [6, 6.07) is 5.26. The zero-order chi connectivity index (χ0) is 15.0. The Labute approximate surface area is 121 Å². The minimum absolute atomic E-state index is 0.408. The van der Waals surface area contributed by atoms with Crippen molar-refractivity contribution in [3.8, 4) is 11.5 Å². The number of fused-ring (bicyclic) bond motifs is 1. The molecule has 0 fully saturated rings. The van der Waals surface area contributed by atoms with Gasteiger partial charge in [-0.1, -0.05) is 0 Å². The van der Waals surface area contributed by atoms with Crippen LogP contribution in [0.5, 0.6) is 0 Å². The monoisotopic (exact) mass is 285 g/mol. The van der Waals surface area contributed by atoms with E-state index in [0.29, 0.717) is 29.2 Å². The van der Waals surface area contributed by atoms with Crippen molar-refractivity contribution in [3.63, 3.8) is 0 Å². The molecule has 0 aromatic carbocycles. The predicted molar refractivity (Wildman–Crippen MR) is 77.0 cm³/mol. The first-order chi connectivity index (χ1) is 10.2. The maximum Gasteiger partial charge on any atom is 0.338 e. The van der Waals surface area contributed by atoms with E-state index in [-0.39, 0.29) is 0 Å². The van der Waals surface area contributed by atoms with E-state index in [4.69, 9.17) is 9.15 Å². The number of carbonyl (C=O) groups excluding carboxylic acids is 1. The number of carbonyl (C=O) groups is 1. The molecule has 0 bridgehead atoms. The van der Waals surface area contributed by atoms with Gasteiger partial charge in [0.15, 0.2) is 11.4 Å². The predicted octanol–water partition coefficient (Wildman–Crippen LogP) is 2.81. The SMILES string of the molecule is CCn1nc(C)c2c(C(=O)OC)cc(-c3ccco3)nc21. The maximum absolute atomic E-state index is 12.1. The van der Waals surface area contributed by atoms with E-state index in [0.717, 1.165) is 11.1 Å². The molecule has 3 rings (SSSR count). The lowest BCUT2D eigenvalue weighted by Gasteiger charge is -2.05. The Kier molecular flexibility index (Phi) is 3.21. The van der Waals surface area contributed by atoms with Gasteiger partial charge in [0, 0.05) is 6.54 Å². The topological polar surface area (TPSA) is 70.2 Å². The highest BCUT2D eigenvalue weighted by Gasteiger charge is 2.20. The van der Waals surface area contributed by atoms with Gasteiger partial charge in [-0.25, -0.2) is 14.5 Å². The second kappa shape index (κ2) is 5.05. The van der Waals surface area contributed by atoms with E-state index in [1.807, 2.05) is 13.8 Å². The lowest BCUT2D eigenvalue weighted by molar-refractivity contribution is 0.0603. The number of hydrogen-bond acceptors (Lipinski definition) is 5. The molecule has 21 heavy (non-hydrogen) atoms. The summed E-state index contributed by atoms with van der Waals surface area (Å²) in [5.41, 5.74) is 2.45. The Hall–Kier alpha value is -2.63. The molecule has 0 atom stereocenters. The highest BCUT2D eigenvalue weighted by Crippen LogP contribution is 2.27. The lowest BCUT2D eigenvalue weighted by atomic mass is 10.1. The van der Waals surface area contributed by atoms with E-state index >= 15 is 0 Å². The minimum Gasteiger partial charge on any atom is -0.465 e. The van der Waals surface area contributed by atoms with E-state index in [2.05, 4.69) is 10.1 Å². The molecule has 3 aromatic rings. The number of hydrogen-bond donors (Lipinski definition) is 0. The molecule has 3 heterocycles. The standard InChI is InChI=1S/C15H15N3O3/c1-4-18-14-13(9(2)17-18)10(15(19)20-3)8-11(16-14)12-6-5-7-21-12/h5-8H,4H2,1-3H3. The molecule has 0 N–H and O–H groups in total. The Morgan fingerprint density at radius 3 is 2.90 bits per heavy atom. The van der Waals surface area contributed by atoms with Gasteiger partial charge in [-0.2, -0.15) is 5.10 Å². The highest BCUT2D eigenvalue weighted by molar-refractivity contribution is 6.04. The van der Waals surface area contributed by atoms with Crippen LogP contribution in [0.25, 0.3) is 22.5 Å². The average Bonchev–Trinajstić information content (AvgIpc) is 3.13. The molecular formula is C15H15N3O3. The van der Waals surface area contributed by atoms with Gasteiger partial charge in [0.05, 0.1) is 30.0 Å². The van der Waals surface area contributed by atoms with Crippen molar-refractivity contribution in [2.24, 2.45) is 0 Å². The van der Waals surface area contributed by atoms with Gasteiger partial charge in [0.25, 0.3) is 0 Å². The van der Waals surface area contributed by atoms with Gasteiger partial charge in [-0.3, -0.25) is 0 Å². The molecule has 6 heteroatoms. The largest absolute Gasteiger partial charge is 0.465 e. The van der Waals surface area contributed by atoms with Crippen molar-refractivity contribution < 1.29 is 13.9 Å². The summed E-state index contributed by atoms with van der Waals surface area (Å²) < 4.78 is 12.0. The number of pyridine rings is 1. The molecule has 0 aliphatic carbocycles. The van der Waals surface area contributed by atoms with Crippen molar-refractivity contribution in [1.29, 1.82) is 0 Å². The van der Waals surface area contributed by atoms with Crippen molar-refractivity contribution in [2.75, 3.05) is 7.11 Å². The normalized spacial score (nSPS) is 11.0. The zero-order valence-electron chi connectivity index (χ0n) is 12.1. The Balaban J connectivity index is 2.36. The van der Waals surface area contributed by atoms with Crippen molar-refractivity contribution in [3.05, 3.63) is 35.7 Å². The first-order valence-electron chi connectivity index (χ1n) is 6.66. The van der Waals surface area contributed by atoms with Crippen molar-refractivity contribution >= 4 is 17.0 Å². The first kappa shape index (κ1) is 13.4. The second-order valence-corrected chi connectivity index (χ2v) is 4.62. The number of ether oxygens (including phenoxy) is 1. The molecule has 0 aliphatic heterocycles. The molecule has 6 nitrogen and oxygen atoms in total. The lowest BCUT2D eigenvalue weighted by Crippen LogP contribution is -2.05. The third-order valence-corrected chi connectivity index (χ3v) is 3.36. The molecule has 0 amide bonds. The van der Waals surface area contributed by atoms with Crippen LogP contribution in [0.15, 0.2) is 28.9 Å². The number of furan rings is 1. The molecule has 0 unspecified atom stereocenters. The molecule has 0 aliphatic rings. The molecule has 0 saturated heterocycles. The van der Waals surface area contributed by atoms with Gasteiger partial charge < -0.3 is 9.15 Å². The number of methoxy groups -OCH3 is 1. The molecule has 3 aromatic heterocycles. The molecule has 0 radical (unpaired) electrons. The van der Waals surface area contributed by atoms with Gasteiger partial charge in [0.1, 0.15) is 5.69 Å². The fraction of sp³-hybridized carbons (Fsp3) is 0.267. The van der Waals surface area contributed by atoms with E-state index in [1.54, 1.807) is 29.1 Å². The second-order valence-electron chi connectivity index (χ2n) is 4.62. The number of esters is 1. The van der Waals surface area contributed by atoms with Gasteiger partial charge in [-0.15, -0.1) is 0 Å². The minimum atomic E-state index is -0.408. The number of aryl methyl sites for hydroxylation is 2. The Bertz CT molecular complexity index is 803.